The molecular weight excluding hydrogens is 262 g/mol. The van der Waals surface area contributed by atoms with Crippen LogP contribution in [0.1, 0.15) is 34.1 Å². The molecule has 0 aliphatic carbocycles. The molecule has 116 valence electrons. The molecule has 0 atom stereocenters. The van der Waals surface area contributed by atoms with Crippen LogP contribution in [-0.4, -0.2) is 55.1 Å². The Balaban J connectivity index is 4.25. The predicted molar refractivity (Wildman–Crippen MR) is 75.2 cm³/mol. The van der Waals surface area contributed by atoms with Crippen LogP contribution in [0.4, 0.5) is 4.79 Å². The average molecular weight is 287 g/mol. The molecule has 0 saturated carbocycles. The molecule has 0 rings (SSSR count). The first-order valence-electron chi connectivity index (χ1n) is 6.87. The lowest BCUT2D eigenvalue weighted by Crippen LogP contribution is -2.47. The summed E-state index contributed by atoms with van der Waals surface area (Å²) in [5.41, 5.74) is 0. The molecule has 20 heavy (non-hydrogen) atoms. The van der Waals surface area contributed by atoms with Crippen LogP contribution < -0.4 is 10.6 Å². The van der Waals surface area contributed by atoms with Crippen LogP contribution in [0.15, 0.2) is 0 Å². The number of carbonyl (C=O) groups excluding carboxylic acids is 3. The van der Waals surface area contributed by atoms with Gasteiger partial charge in [0.25, 0.3) is 0 Å². The first-order chi connectivity index (χ1) is 9.38. The standard InChI is InChI=1S/C13H25N3O4/c1-5-7-16(9-12(18)20-6-2)8-11(17)15-13(19)14-10(3)4/h10H,5-9H2,1-4H3,(H2,14,15,17,19). The minimum Gasteiger partial charge on any atom is -0.465 e. The van der Waals surface area contributed by atoms with E-state index in [0.29, 0.717) is 13.2 Å². The van der Waals surface area contributed by atoms with Crippen molar-refractivity contribution in [3.8, 4) is 0 Å². The highest BCUT2D eigenvalue weighted by Crippen LogP contribution is 1.93. The highest BCUT2D eigenvalue weighted by atomic mass is 16.5. The maximum absolute atomic E-state index is 11.7. The van der Waals surface area contributed by atoms with Gasteiger partial charge in [0, 0.05) is 6.04 Å². The minimum absolute atomic E-state index is 0.0157. The van der Waals surface area contributed by atoms with Crippen molar-refractivity contribution in [1.82, 2.24) is 15.5 Å². The number of carbonyl (C=O) groups is 3. The van der Waals surface area contributed by atoms with Gasteiger partial charge in [-0.2, -0.15) is 0 Å². The molecule has 0 spiro atoms. The summed E-state index contributed by atoms with van der Waals surface area (Å²) in [5, 5.41) is 4.78. The van der Waals surface area contributed by atoms with Gasteiger partial charge in [-0.1, -0.05) is 6.92 Å². The van der Waals surface area contributed by atoms with Crippen LogP contribution in [0.2, 0.25) is 0 Å². The number of imide groups is 1. The third kappa shape index (κ3) is 9.32. The predicted octanol–water partition coefficient (Wildman–Crippen LogP) is 0.496. The van der Waals surface area contributed by atoms with Gasteiger partial charge in [0.15, 0.2) is 0 Å². The summed E-state index contributed by atoms with van der Waals surface area (Å²) in [5.74, 6) is -0.818. The Morgan fingerprint density at radius 3 is 2.30 bits per heavy atom. The van der Waals surface area contributed by atoms with Gasteiger partial charge in [-0.25, -0.2) is 4.79 Å². The second kappa shape index (κ2) is 10.2. The van der Waals surface area contributed by atoms with Crippen LogP contribution in [0.5, 0.6) is 0 Å². The fourth-order valence-corrected chi connectivity index (χ4v) is 1.59. The van der Waals surface area contributed by atoms with Gasteiger partial charge in [0.2, 0.25) is 5.91 Å². The zero-order valence-electron chi connectivity index (χ0n) is 12.7. The molecule has 0 fully saturated rings. The Bertz CT molecular complexity index is 332. The van der Waals surface area contributed by atoms with E-state index in [9.17, 15) is 14.4 Å². The lowest BCUT2D eigenvalue weighted by atomic mass is 10.3. The Kier molecular flexibility index (Phi) is 9.36. The highest BCUT2D eigenvalue weighted by Gasteiger charge is 2.16. The highest BCUT2D eigenvalue weighted by molar-refractivity contribution is 5.95. The third-order valence-electron chi connectivity index (χ3n) is 2.24. The average Bonchev–Trinajstić information content (AvgIpc) is 2.27. The van der Waals surface area contributed by atoms with Gasteiger partial charge in [-0.05, 0) is 33.7 Å². The number of amides is 3. The third-order valence-corrected chi connectivity index (χ3v) is 2.24. The van der Waals surface area contributed by atoms with Crippen molar-refractivity contribution in [2.75, 3.05) is 26.2 Å². The van der Waals surface area contributed by atoms with Crippen LogP contribution in [0.25, 0.3) is 0 Å². The zero-order chi connectivity index (χ0) is 15.5. The van der Waals surface area contributed by atoms with Gasteiger partial charge in [0.05, 0.1) is 19.7 Å². The van der Waals surface area contributed by atoms with Crippen molar-refractivity contribution < 1.29 is 19.1 Å². The van der Waals surface area contributed by atoms with E-state index in [1.807, 2.05) is 6.92 Å². The largest absolute Gasteiger partial charge is 0.465 e. The van der Waals surface area contributed by atoms with E-state index >= 15 is 0 Å². The molecule has 0 bridgehead atoms. The van der Waals surface area contributed by atoms with Crippen molar-refractivity contribution in [2.24, 2.45) is 0 Å². The Morgan fingerprint density at radius 2 is 1.80 bits per heavy atom. The molecular formula is C13H25N3O4. The van der Waals surface area contributed by atoms with E-state index in [1.54, 1.807) is 25.7 Å². The second-order valence-corrected chi connectivity index (χ2v) is 4.69. The fraction of sp³-hybridized carbons (Fsp3) is 0.769. The number of ether oxygens (including phenoxy) is 1. The molecule has 3 amide bonds. The number of esters is 1. The molecule has 0 unspecified atom stereocenters. The first kappa shape index (κ1) is 18.4. The summed E-state index contributed by atoms with van der Waals surface area (Å²) in [6.45, 7) is 8.19. The van der Waals surface area contributed by atoms with Gasteiger partial charge in [0.1, 0.15) is 0 Å². The lowest BCUT2D eigenvalue weighted by Gasteiger charge is -2.19. The molecule has 0 saturated heterocycles. The summed E-state index contributed by atoms with van der Waals surface area (Å²) in [4.78, 5) is 36.1. The van der Waals surface area contributed by atoms with Gasteiger partial charge in [-0.15, -0.1) is 0 Å². The van der Waals surface area contributed by atoms with Gasteiger partial charge >= 0.3 is 12.0 Å². The molecule has 2 N–H and O–H groups in total. The fourth-order valence-electron chi connectivity index (χ4n) is 1.59. The Labute approximate surface area is 120 Å². The molecule has 0 aromatic rings. The summed E-state index contributed by atoms with van der Waals surface area (Å²) in [6, 6.07) is -0.577. The molecule has 0 aromatic carbocycles. The van der Waals surface area contributed by atoms with E-state index < -0.39 is 11.9 Å². The number of hydrogen-bond acceptors (Lipinski definition) is 5. The quantitative estimate of drug-likeness (QED) is 0.635. The summed E-state index contributed by atoms with van der Waals surface area (Å²) < 4.78 is 4.84. The summed E-state index contributed by atoms with van der Waals surface area (Å²) in [6.07, 6.45) is 0.797. The van der Waals surface area contributed by atoms with Crippen molar-refractivity contribution in [1.29, 1.82) is 0 Å². The maximum Gasteiger partial charge on any atom is 0.321 e. The molecule has 7 nitrogen and oxygen atoms in total. The van der Waals surface area contributed by atoms with Crippen molar-refractivity contribution in [3.05, 3.63) is 0 Å². The second-order valence-electron chi connectivity index (χ2n) is 4.69. The zero-order valence-corrected chi connectivity index (χ0v) is 12.7. The maximum atomic E-state index is 11.7. The molecule has 0 heterocycles. The smallest absolute Gasteiger partial charge is 0.321 e. The van der Waals surface area contributed by atoms with E-state index in [0.717, 1.165) is 6.42 Å². The van der Waals surface area contributed by atoms with Gasteiger partial charge in [-0.3, -0.25) is 19.8 Å². The molecule has 7 heteroatoms. The van der Waals surface area contributed by atoms with E-state index in [-0.39, 0.29) is 25.1 Å². The van der Waals surface area contributed by atoms with E-state index in [1.165, 1.54) is 0 Å². The number of nitrogens with zero attached hydrogens (tertiary/aromatic N) is 1. The minimum atomic E-state index is -0.530. The number of nitrogens with one attached hydrogen (secondary N) is 2. The van der Waals surface area contributed by atoms with Crippen molar-refractivity contribution in [3.63, 3.8) is 0 Å². The molecule has 0 aromatic heterocycles. The Hall–Kier alpha value is -1.63. The summed E-state index contributed by atoms with van der Waals surface area (Å²) in [7, 11) is 0. The molecule has 0 radical (unpaired) electrons. The van der Waals surface area contributed by atoms with Crippen LogP contribution >= 0.6 is 0 Å². The van der Waals surface area contributed by atoms with E-state index in [4.69, 9.17) is 4.74 Å². The van der Waals surface area contributed by atoms with Crippen LogP contribution in [-0.2, 0) is 14.3 Å². The van der Waals surface area contributed by atoms with E-state index in [2.05, 4.69) is 10.6 Å². The molecule has 0 aliphatic rings. The topological polar surface area (TPSA) is 87.7 Å². The monoisotopic (exact) mass is 287 g/mol. The van der Waals surface area contributed by atoms with Crippen LogP contribution in [0, 0.1) is 0 Å². The van der Waals surface area contributed by atoms with Crippen LogP contribution in [0.3, 0.4) is 0 Å². The molecule has 0 aliphatic heterocycles. The van der Waals surface area contributed by atoms with Gasteiger partial charge < -0.3 is 10.1 Å². The number of hydrogen-bond donors (Lipinski definition) is 2. The Morgan fingerprint density at radius 1 is 1.15 bits per heavy atom. The first-order valence-corrected chi connectivity index (χ1v) is 6.87. The van der Waals surface area contributed by atoms with Crippen molar-refractivity contribution in [2.45, 2.75) is 40.2 Å². The van der Waals surface area contributed by atoms with Crippen molar-refractivity contribution >= 4 is 17.9 Å². The number of rotatable bonds is 8. The lowest BCUT2D eigenvalue weighted by molar-refractivity contribution is -0.144. The SMILES string of the molecule is CCCN(CC(=O)NC(=O)NC(C)C)CC(=O)OCC. The normalized spacial score (nSPS) is 10.5. The summed E-state index contributed by atoms with van der Waals surface area (Å²) >= 11 is 0. The number of urea groups is 1.